The molecule has 0 bridgehead atoms. The molecule has 3 heterocycles. The summed E-state index contributed by atoms with van der Waals surface area (Å²) in [5.41, 5.74) is 11.4. The second-order valence-electron chi connectivity index (χ2n) is 5.09. The number of primary amides is 1. The van der Waals surface area contributed by atoms with Crippen molar-refractivity contribution in [3.05, 3.63) is 16.5 Å². The third-order valence-electron chi connectivity index (χ3n) is 3.77. The third kappa shape index (κ3) is 2.28. The molecule has 1 saturated heterocycles. The normalized spacial score (nSPS) is 27.7. The first-order chi connectivity index (χ1) is 10.9. The zero-order valence-electron chi connectivity index (χ0n) is 11.6. The Hall–Kier alpha value is -1.79. The summed E-state index contributed by atoms with van der Waals surface area (Å²) < 4.78 is 7.00. The molecule has 4 atom stereocenters. The number of carbonyl (C=O) groups excluding carboxylic acids is 1. The maximum atomic E-state index is 11.8. The van der Waals surface area contributed by atoms with Crippen molar-refractivity contribution in [2.24, 2.45) is 5.73 Å². The lowest BCUT2D eigenvalue weighted by Crippen LogP contribution is -2.33. The fraction of sp³-hybridized carbons (Fsp3) is 0.417. The van der Waals surface area contributed by atoms with Crippen molar-refractivity contribution < 1.29 is 24.9 Å². The highest BCUT2D eigenvalue weighted by Crippen LogP contribution is 2.39. The van der Waals surface area contributed by atoms with E-state index in [1.807, 2.05) is 0 Å². The van der Waals surface area contributed by atoms with Crippen LogP contribution >= 0.6 is 15.9 Å². The Bertz CT molecular complexity index is 781. The summed E-state index contributed by atoms with van der Waals surface area (Å²) in [5.74, 6) is -0.733. The Morgan fingerprint density at radius 3 is 2.65 bits per heavy atom. The third-order valence-corrected chi connectivity index (χ3v) is 4.55. The lowest BCUT2D eigenvalue weighted by Gasteiger charge is -2.18. The number of ether oxygens (including phenoxy) is 1. The molecule has 0 aliphatic carbocycles. The molecule has 10 nitrogen and oxygen atoms in total. The van der Waals surface area contributed by atoms with Crippen molar-refractivity contribution in [3.63, 3.8) is 0 Å². The molecule has 0 unspecified atom stereocenters. The largest absolute Gasteiger partial charge is 0.394 e. The second-order valence-corrected chi connectivity index (χ2v) is 5.84. The highest BCUT2D eigenvalue weighted by molar-refractivity contribution is 9.10. The highest BCUT2D eigenvalue weighted by atomic mass is 79.9. The van der Waals surface area contributed by atoms with Crippen LogP contribution in [0.2, 0.25) is 0 Å². The molecule has 1 aliphatic rings. The highest BCUT2D eigenvalue weighted by Gasteiger charge is 2.45. The number of aliphatic hydroxyl groups is 3. The zero-order chi connectivity index (χ0) is 16.9. The number of aromatic nitrogens is 3. The molecule has 2 aromatic rings. The first-order valence-corrected chi connectivity index (χ1v) is 7.39. The first kappa shape index (κ1) is 16.1. The smallest absolute Gasteiger partial charge is 0.252 e. The molecule has 124 valence electrons. The lowest BCUT2D eigenvalue weighted by molar-refractivity contribution is -0.0518. The van der Waals surface area contributed by atoms with Gasteiger partial charge in [0.05, 0.1) is 17.6 Å². The minimum Gasteiger partial charge on any atom is -0.394 e. The molecule has 2 aromatic heterocycles. The quantitative estimate of drug-likeness (QED) is 0.422. The zero-order valence-corrected chi connectivity index (χ0v) is 13.2. The number of hydrogen-bond donors (Lipinski definition) is 5. The molecule has 3 rings (SSSR count). The maximum absolute atomic E-state index is 11.8. The van der Waals surface area contributed by atoms with Crippen LogP contribution in [0.5, 0.6) is 0 Å². The van der Waals surface area contributed by atoms with Gasteiger partial charge in [-0.2, -0.15) is 0 Å². The molecule has 1 aliphatic heterocycles. The fourth-order valence-electron chi connectivity index (χ4n) is 2.68. The van der Waals surface area contributed by atoms with E-state index in [0.717, 1.165) is 0 Å². The number of anilines is 1. The molecule has 23 heavy (non-hydrogen) atoms. The Morgan fingerprint density at radius 2 is 2.09 bits per heavy atom. The van der Waals surface area contributed by atoms with Gasteiger partial charge in [-0.3, -0.25) is 9.36 Å². The number of fused-ring (bicyclic) bond motifs is 1. The number of halogens is 1. The van der Waals surface area contributed by atoms with Gasteiger partial charge in [0.15, 0.2) is 6.23 Å². The molecule has 0 aromatic carbocycles. The van der Waals surface area contributed by atoms with Crippen molar-refractivity contribution >= 4 is 38.7 Å². The average Bonchev–Trinajstić information content (AvgIpc) is 2.95. The summed E-state index contributed by atoms with van der Waals surface area (Å²) in [5, 5.41) is 29.5. The van der Waals surface area contributed by atoms with E-state index in [1.54, 1.807) is 0 Å². The summed E-state index contributed by atoms with van der Waals surface area (Å²) in [7, 11) is 0. The van der Waals surface area contributed by atoms with Crippen LogP contribution in [0, 0.1) is 0 Å². The number of aliphatic hydroxyl groups excluding tert-OH is 3. The van der Waals surface area contributed by atoms with Gasteiger partial charge < -0.3 is 31.5 Å². The van der Waals surface area contributed by atoms with Crippen LogP contribution in [-0.2, 0) is 4.74 Å². The van der Waals surface area contributed by atoms with E-state index >= 15 is 0 Å². The summed E-state index contributed by atoms with van der Waals surface area (Å²) >= 11 is 3.23. The van der Waals surface area contributed by atoms with Gasteiger partial charge in [-0.15, -0.1) is 0 Å². The van der Waals surface area contributed by atoms with Crippen LogP contribution < -0.4 is 11.5 Å². The number of hydrogen-bond acceptors (Lipinski definition) is 8. The fourth-order valence-corrected chi connectivity index (χ4v) is 3.44. The van der Waals surface area contributed by atoms with Crippen molar-refractivity contribution in [1.29, 1.82) is 0 Å². The van der Waals surface area contributed by atoms with Crippen LogP contribution in [0.4, 0.5) is 5.82 Å². The van der Waals surface area contributed by atoms with E-state index in [0.29, 0.717) is 0 Å². The van der Waals surface area contributed by atoms with Gasteiger partial charge in [0.2, 0.25) is 0 Å². The molecular formula is C12H14BrN5O5. The minimum atomic E-state index is -1.35. The molecular weight excluding hydrogens is 374 g/mol. The van der Waals surface area contributed by atoms with Gasteiger partial charge in [-0.25, -0.2) is 9.97 Å². The molecule has 0 spiro atoms. The second kappa shape index (κ2) is 5.69. The molecule has 7 N–H and O–H groups in total. The van der Waals surface area contributed by atoms with Crippen LogP contribution in [0.25, 0.3) is 11.0 Å². The Labute approximate surface area is 137 Å². The first-order valence-electron chi connectivity index (χ1n) is 6.60. The number of amides is 1. The van der Waals surface area contributed by atoms with Crippen LogP contribution in [0.1, 0.15) is 16.6 Å². The van der Waals surface area contributed by atoms with Crippen molar-refractivity contribution in [3.8, 4) is 0 Å². The number of nitrogen functional groups attached to an aromatic ring is 1. The van der Waals surface area contributed by atoms with Crippen molar-refractivity contribution in [1.82, 2.24) is 14.5 Å². The summed E-state index contributed by atoms with van der Waals surface area (Å²) in [6.45, 7) is -0.481. The Kier molecular flexibility index (Phi) is 3.98. The van der Waals surface area contributed by atoms with Gasteiger partial charge in [-0.05, 0) is 15.9 Å². The minimum absolute atomic E-state index is 0.0370. The molecule has 1 amide bonds. The molecule has 0 radical (unpaired) electrons. The maximum Gasteiger partial charge on any atom is 0.252 e. The number of nitrogens with zero attached hydrogens (tertiary/aromatic N) is 3. The summed E-state index contributed by atoms with van der Waals surface area (Å²) in [4.78, 5) is 19.6. The number of rotatable bonds is 3. The predicted octanol–water partition coefficient (Wildman–Crippen LogP) is -1.51. The number of carbonyl (C=O) groups is 1. The van der Waals surface area contributed by atoms with E-state index in [1.165, 1.54) is 10.9 Å². The average molecular weight is 388 g/mol. The van der Waals surface area contributed by atoms with Crippen LogP contribution in [-0.4, -0.2) is 60.7 Å². The van der Waals surface area contributed by atoms with Crippen LogP contribution in [0.3, 0.4) is 0 Å². The lowest BCUT2D eigenvalue weighted by atomic mass is 10.1. The van der Waals surface area contributed by atoms with Gasteiger partial charge >= 0.3 is 0 Å². The molecule has 0 saturated carbocycles. The molecule has 1 fully saturated rings. The number of nitrogens with two attached hydrogens (primary N) is 2. The predicted molar refractivity (Wildman–Crippen MR) is 81.2 cm³/mol. The summed E-state index contributed by atoms with van der Waals surface area (Å²) in [6, 6.07) is 0. The van der Waals surface area contributed by atoms with Gasteiger partial charge in [0.25, 0.3) is 5.91 Å². The van der Waals surface area contributed by atoms with E-state index in [9.17, 15) is 20.1 Å². The van der Waals surface area contributed by atoms with E-state index in [4.69, 9.17) is 16.2 Å². The monoisotopic (exact) mass is 387 g/mol. The van der Waals surface area contributed by atoms with Crippen molar-refractivity contribution in [2.45, 2.75) is 24.5 Å². The van der Waals surface area contributed by atoms with E-state index in [2.05, 4.69) is 25.9 Å². The van der Waals surface area contributed by atoms with E-state index < -0.39 is 37.1 Å². The standard InChI is InChI=1S/C12H14BrN5O5/c13-8-4(10(15)22)5-9(14)16-2-17-11(5)18(8)12-7(21)6(20)3(1-19)23-12/h2-3,6-7,12,19-21H,1H2,(H2,15,22)(H2,14,16,17)/t3-,6-,7-,12-/m1/s1. The summed E-state index contributed by atoms with van der Waals surface area (Å²) in [6.07, 6.45) is -3.54. The Morgan fingerprint density at radius 1 is 1.39 bits per heavy atom. The van der Waals surface area contributed by atoms with E-state index in [-0.39, 0.29) is 27.0 Å². The Balaban J connectivity index is 2.25. The molecule has 11 heteroatoms. The topological polar surface area (TPSA) is 170 Å². The SMILES string of the molecule is NC(=O)c1c(Br)n([C@@H]2O[C@H](CO)[C@@H](O)[C@H]2O)c2ncnc(N)c12. The van der Waals surface area contributed by atoms with Gasteiger partial charge in [0.1, 0.15) is 40.7 Å². The van der Waals surface area contributed by atoms with Crippen LogP contribution in [0.15, 0.2) is 10.9 Å². The van der Waals surface area contributed by atoms with Gasteiger partial charge in [-0.1, -0.05) is 0 Å². The van der Waals surface area contributed by atoms with Crippen molar-refractivity contribution in [2.75, 3.05) is 12.3 Å². The van der Waals surface area contributed by atoms with Gasteiger partial charge in [0, 0.05) is 0 Å².